The van der Waals surface area contributed by atoms with Crippen molar-refractivity contribution in [3.8, 4) is 11.5 Å². The monoisotopic (exact) mass is 329 g/mol. The van der Waals surface area contributed by atoms with Crippen LogP contribution in [0.15, 0.2) is 24.3 Å². The van der Waals surface area contributed by atoms with Gasteiger partial charge in [-0.15, -0.1) is 0 Å². The van der Waals surface area contributed by atoms with E-state index in [0.717, 1.165) is 54.9 Å². The van der Waals surface area contributed by atoms with Crippen LogP contribution in [-0.4, -0.2) is 18.8 Å². The van der Waals surface area contributed by atoms with Crippen molar-refractivity contribution in [2.45, 2.75) is 69.5 Å². The summed E-state index contributed by atoms with van der Waals surface area (Å²) in [6, 6.07) is 6.13. The van der Waals surface area contributed by atoms with Crippen LogP contribution in [0.4, 0.5) is 0 Å². The predicted octanol–water partition coefficient (Wildman–Crippen LogP) is 4.60. The van der Waals surface area contributed by atoms with Crippen LogP contribution in [0, 0.1) is 0 Å². The first-order chi connectivity index (χ1) is 11.8. The zero-order valence-electron chi connectivity index (χ0n) is 14.5. The Kier molecular flexibility index (Phi) is 4.40. The Balaban J connectivity index is 1.53. The minimum absolute atomic E-state index is 0.0269. The van der Waals surface area contributed by atoms with E-state index < -0.39 is 0 Å². The maximum absolute atomic E-state index is 6.20. The van der Waals surface area contributed by atoms with E-state index in [-0.39, 0.29) is 5.60 Å². The third-order valence-corrected chi connectivity index (χ3v) is 5.64. The molecule has 0 radical (unpaired) electrons. The number of hydroxylamine groups is 1. The molecule has 3 aliphatic rings. The van der Waals surface area contributed by atoms with Crippen LogP contribution in [0.25, 0.3) is 5.70 Å². The summed E-state index contributed by atoms with van der Waals surface area (Å²) in [7, 11) is 1.70. The Morgan fingerprint density at radius 1 is 1.08 bits per heavy atom. The van der Waals surface area contributed by atoms with E-state index in [4.69, 9.17) is 14.3 Å². The Morgan fingerprint density at radius 2 is 1.88 bits per heavy atom. The number of hydrogen-bond donors (Lipinski definition) is 1. The van der Waals surface area contributed by atoms with Gasteiger partial charge in [0.15, 0.2) is 11.5 Å². The highest BCUT2D eigenvalue weighted by atomic mass is 16.7. The summed E-state index contributed by atoms with van der Waals surface area (Å²) in [4.78, 5) is 6.03. The second-order valence-electron chi connectivity index (χ2n) is 7.31. The number of ether oxygens (including phenoxy) is 2. The van der Waals surface area contributed by atoms with E-state index in [9.17, 15) is 0 Å². The molecule has 0 amide bonds. The van der Waals surface area contributed by atoms with Gasteiger partial charge in [-0.25, -0.2) is 0 Å². The number of methoxy groups -OCH3 is 1. The molecule has 1 aromatic carbocycles. The first kappa shape index (κ1) is 15.8. The first-order valence-electron chi connectivity index (χ1n) is 9.27. The van der Waals surface area contributed by atoms with E-state index in [2.05, 4.69) is 23.7 Å². The van der Waals surface area contributed by atoms with Gasteiger partial charge >= 0.3 is 0 Å². The number of nitrogens with one attached hydrogen (secondary N) is 1. The average Bonchev–Trinajstić information content (AvgIpc) is 3.28. The summed E-state index contributed by atoms with van der Waals surface area (Å²) >= 11 is 0. The standard InChI is InChI=1S/C20H27NO3/c1-22-18-9-8-15(14-19(18)23-16-6-2-3-7-16)17-10-13-20(24-21-17)11-4-5-12-20/h8-10,14,16,21H,2-7,11-13H2,1H3. The number of rotatable bonds is 4. The molecule has 1 heterocycles. The molecular weight excluding hydrogens is 302 g/mol. The van der Waals surface area contributed by atoms with E-state index in [1.165, 1.54) is 25.7 Å². The molecule has 1 aromatic rings. The van der Waals surface area contributed by atoms with Crippen LogP contribution in [0.3, 0.4) is 0 Å². The Bertz CT molecular complexity index is 613. The zero-order chi connectivity index (χ0) is 16.4. The van der Waals surface area contributed by atoms with Gasteiger partial charge in [-0.3, -0.25) is 10.3 Å². The van der Waals surface area contributed by atoms with Crippen molar-refractivity contribution in [2.24, 2.45) is 0 Å². The van der Waals surface area contributed by atoms with Gasteiger partial charge in [0.2, 0.25) is 0 Å². The molecule has 0 atom stereocenters. The quantitative estimate of drug-likeness (QED) is 0.876. The Labute approximate surface area is 144 Å². The molecule has 24 heavy (non-hydrogen) atoms. The van der Waals surface area contributed by atoms with Crippen molar-refractivity contribution in [1.82, 2.24) is 5.48 Å². The smallest absolute Gasteiger partial charge is 0.162 e. The molecule has 4 nitrogen and oxygen atoms in total. The summed E-state index contributed by atoms with van der Waals surface area (Å²) in [5.74, 6) is 1.64. The molecule has 2 saturated carbocycles. The molecular formula is C20H27NO3. The van der Waals surface area contributed by atoms with Gasteiger partial charge in [0.05, 0.1) is 24.5 Å². The van der Waals surface area contributed by atoms with Gasteiger partial charge in [0, 0.05) is 5.56 Å². The van der Waals surface area contributed by atoms with E-state index >= 15 is 0 Å². The second kappa shape index (κ2) is 6.67. The van der Waals surface area contributed by atoms with E-state index in [0.29, 0.717) is 6.10 Å². The zero-order valence-corrected chi connectivity index (χ0v) is 14.5. The van der Waals surface area contributed by atoms with Crippen LogP contribution in [0.5, 0.6) is 11.5 Å². The fourth-order valence-electron chi connectivity index (χ4n) is 4.16. The summed E-state index contributed by atoms with van der Waals surface area (Å²) in [6.45, 7) is 0. The average molecular weight is 329 g/mol. The molecule has 0 unspecified atom stereocenters. The highest BCUT2D eigenvalue weighted by molar-refractivity contribution is 5.66. The summed E-state index contributed by atoms with van der Waals surface area (Å²) in [5.41, 5.74) is 5.35. The van der Waals surface area contributed by atoms with Gasteiger partial charge < -0.3 is 9.47 Å². The van der Waals surface area contributed by atoms with Gasteiger partial charge in [0.1, 0.15) is 0 Å². The van der Waals surface area contributed by atoms with Crippen LogP contribution in [0.1, 0.15) is 63.4 Å². The molecule has 2 aliphatic carbocycles. The summed E-state index contributed by atoms with van der Waals surface area (Å²) in [6.07, 6.45) is 13.2. The maximum Gasteiger partial charge on any atom is 0.162 e. The lowest BCUT2D eigenvalue weighted by molar-refractivity contribution is -0.0858. The van der Waals surface area contributed by atoms with Crippen molar-refractivity contribution in [3.05, 3.63) is 29.8 Å². The van der Waals surface area contributed by atoms with Gasteiger partial charge in [0.25, 0.3) is 0 Å². The normalized spacial score (nSPS) is 23.1. The van der Waals surface area contributed by atoms with Crippen molar-refractivity contribution < 1.29 is 14.3 Å². The minimum Gasteiger partial charge on any atom is -0.493 e. The molecule has 0 saturated heterocycles. The Morgan fingerprint density at radius 3 is 2.54 bits per heavy atom. The first-order valence-corrected chi connectivity index (χ1v) is 9.27. The van der Waals surface area contributed by atoms with Crippen LogP contribution in [-0.2, 0) is 4.84 Å². The molecule has 1 aliphatic heterocycles. The lowest BCUT2D eigenvalue weighted by Gasteiger charge is -2.33. The number of hydrogen-bond acceptors (Lipinski definition) is 4. The predicted molar refractivity (Wildman–Crippen MR) is 93.9 cm³/mol. The third-order valence-electron chi connectivity index (χ3n) is 5.64. The molecule has 2 fully saturated rings. The maximum atomic E-state index is 6.20. The van der Waals surface area contributed by atoms with Crippen LogP contribution in [0.2, 0.25) is 0 Å². The third kappa shape index (κ3) is 3.12. The van der Waals surface area contributed by atoms with Crippen LogP contribution < -0.4 is 15.0 Å². The molecule has 4 rings (SSSR count). The Hall–Kier alpha value is -1.68. The van der Waals surface area contributed by atoms with Crippen molar-refractivity contribution >= 4 is 5.70 Å². The van der Waals surface area contributed by atoms with Gasteiger partial charge in [-0.05, 0) is 63.1 Å². The molecule has 0 bridgehead atoms. The van der Waals surface area contributed by atoms with Gasteiger partial charge in [-0.2, -0.15) is 0 Å². The van der Waals surface area contributed by atoms with Crippen LogP contribution >= 0.6 is 0 Å². The lowest BCUT2D eigenvalue weighted by Crippen LogP contribution is -2.37. The summed E-state index contributed by atoms with van der Waals surface area (Å²) in [5, 5.41) is 0. The topological polar surface area (TPSA) is 39.7 Å². The minimum atomic E-state index is 0.0269. The molecule has 0 aromatic heterocycles. The summed E-state index contributed by atoms with van der Waals surface area (Å²) < 4.78 is 11.7. The molecule has 1 N–H and O–H groups in total. The van der Waals surface area contributed by atoms with Crippen molar-refractivity contribution in [3.63, 3.8) is 0 Å². The fraction of sp³-hybridized carbons (Fsp3) is 0.600. The molecule has 130 valence electrons. The van der Waals surface area contributed by atoms with Crippen molar-refractivity contribution in [1.29, 1.82) is 0 Å². The van der Waals surface area contributed by atoms with E-state index in [1.807, 2.05) is 6.07 Å². The van der Waals surface area contributed by atoms with Gasteiger partial charge in [-0.1, -0.05) is 18.9 Å². The second-order valence-corrected chi connectivity index (χ2v) is 7.31. The van der Waals surface area contributed by atoms with Crippen molar-refractivity contribution in [2.75, 3.05) is 7.11 Å². The highest BCUT2D eigenvalue weighted by Gasteiger charge is 2.37. The molecule has 4 heteroatoms. The fourth-order valence-corrected chi connectivity index (χ4v) is 4.16. The number of benzene rings is 1. The molecule has 1 spiro atoms. The lowest BCUT2D eigenvalue weighted by atomic mass is 9.95. The SMILES string of the molecule is COc1ccc(C2=CCC3(CCCC3)ON2)cc1OC1CCCC1. The van der Waals surface area contributed by atoms with E-state index in [1.54, 1.807) is 7.11 Å². The largest absolute Gasteiger partial charge is 0.493 e. The highest BCUT2D eigenvalue weighted by Crippen LogP contribution is 2.40.